The number of anilines is 1. The molecule has 2 bridgehead atoms. The number of fused-ring (bicyclic) bond motifs is 1. The van der Waals surface area contributed by atoms with E-state index in [9.17, 15) is 9.59 Å². The highest BCUT2D eigenvalue weighted by atomic mass is 16.6. The zero-order valence-corrected chi connectivity index (χ0v) is 11.3. The van der Waals surface area contributed by atoms with Crippen LogP contribution < -0.4 is 5.32 Å². The first kappa shape index (κ1) is 11.9. The molecular weight excluding hydrogens is 254 g/mol. The van der Waals surface area contributed by atoms with E-state index >= 15 is 0 Å². The summed E-state index contributed by atoms with van der Waals surface area (Å²) in [6.45, 7) is 1.99. The molecule has 5 atom stereocenters. The molecule has 0 aromatic heterocycles. The number of ether oxygens (including phenoxy) is 1. The van der Waals surface area contributed by atoms with Gasteiger partial charge in [0, 0.05) is 11.6 Å². The van der Waals surface area contributed by atoms with Gasteiger partial charge in [0.25, 0.3) is 0 Å². The number of benzene rings is 1. The van der Waals surface area contributed by atoms with E-state index in [1.807, 2.05) is 31.2 Å². The van der Waals surface area contributed by atoms with Crippen LogP contribution in [0.2, 0.25) is 0 Å². The molecule has 3 fully saturated rings. The Kier molecular flexibility index (Phi) is 2.43. The van der Waals surface area contributed by atoms with Crippen LogP contribution in [-0.2, 0) is 14.3 Å². The first-order chi connectivity index (χ1) is 9.63. The largest absolute Gasteiger partial charge is 0.462 e. The fourth-order valence-electron chi connectivity index (χ4n) is 4.31. The number of rotatable bonds is 2. The number of carbonyl (C=O) groups excluding carboxylic acids is 2. The topological polar surface area (TPSA) is 55.4 Å². The minimum absolute atomic E-state index is 0.0228. The van der Waals surface area contributed by atoms with Crippen LogP contribution in [-0.4, -0.2) is 18.0 Å². The van der Waals surface area contributed by atoms with Crippen molar-refractivity contribution in [1.82, 2.24) is 0 Å². The van der Waals surface area contributed by atoms with Crippen molar-refractivity contribution >= 4 is 17.6 Å². The third-order valence-electron chi connectivity index (χ3n) is 5.07. The molecule has 1 saturated heterocycles. The molecule has 4 nitrogen and oxygen atoms in total. The minimum Gasteiger partial charge on any atom is -0.462 e. The lowest BCUT2D eigenvalue weighted by Crippen LogP contribution is -2.35. The molecule has 2 saturated carbocycles. The van der Waals surface area contributed by atoms with Crippen LogP contribution in [0.3, 0.4) is 0 Å². The molecule has 1 heterocycles. The van der Waals surface area contributed by atoms with Crippen molar-refractivity contribution in [3.63, 3.8) is 0 Å². The van der Waals surface area contributed by atoms with Crippen LogP contribution in [0.4, 0.5) is 5.69 Å². The van der Waals surface area contributed by atoms with Gasteiger partial charge in [0.1, 0.15) is 6.10 Å². The summed E-state index contributed by atoms with van der Waals surface area (Å²) in [6, 6.07) is 7.74. The summed E-state index contributed by atoms with van der Waals surface area (Å²) >= 11 is 0. The zero-order chi connectivity index (χ0) is 13.9. The molecule has 1 aromatic rings. The molecule has 3 aliphatic rings. The zero-order valence-electron chi connectivity index (χ0n) is 11.3. The van der Waals surface area contributed by atoms with Crippen LogP contribution >= 0.6 is 0 Å². The summed E-state index contributed by atoms with van der Waals surface area (Å²) in [6.07, 6.45) is 1.91. The van der Waals surface area contributed by atoms with Crippen molar-refractivity contribution in [2.24, 2.45) is 23.7 Å². The molecule has 0 unspecified atom stereocenters. The molecule has 0 radical (unpaired) electrons. The average Bonchev–Trinajstić information content (AvgIpc) is 2.99. The second kappa shape index (κ2) is 4.08. The number of amides is 1. The second-order valence-corrected chi connectivity index (χ2v) is 6.28. The number of hydrogen-bond donors (Lipinski definition) is 1. The van der Waals surface area contributed by atoms with E-state index in [4.69, 9.17) is 4.74 Å². The number of aryl methyl sites for hydroxylation is 1. The molecule has 4 heteroatoms. The number of esters is 1. The van der Waals surface area contributed by atoms with Gasteiger partial charge >= 0.3 is 5.97 Å². The van der Waals surface area contributed by atoms with Gasteiger partial charge in [-0.05, 0) is 43.4 Å². The van der Waals surface area contributed by atoms with Crippen molar-refractivity contribution in [1.29, 1.82) is 0 Å². The summed E-state index contributed by atoms with van der Waals surface area (Å²) in [4.78, 5) is 24.4. The summed E-state index contributed by atoms with van der Waals surface area (Å²) in [5.74, 6) is -0.00266. The normalized spacial score (nSPS) is 37.0. The monoisotopic (exact) mass is 271 g/mol. The Morgan fingerprint density at radius 2 is 2.20 bits per heavy atom. The lowest BCUT2D eigenvalue weighted by Gasteiger charge is -2.23. The first-order valence-electron chi connectivity index (χ1n) is 7.21. The van der Waals surface area contributed by atoms with Crippen molar-refractivity contribution in [2.75, 3.05) is 5.32 Å². The van der Waals surface area contributed by atoms with Crippen LogP contribution in [0.1, 0.15) is 18.4 Å². The fourth-order valence-corrected chi connectivity index (χ4v) is 4.31. The highest BCUT2D eigenvalue weighted by Gasteiger charge is 2.63. The molecule has 20 heavy (non-hydrogen) atoms. The fraction of sp³-hybridized carbons (Fsp3) is 0.500. The quantitative estimate of drug-likeness (QED) is 0.838. The van der Waals surface area contributed by atoms with E-state index in [0.29, 0.717) is 5.92 Å². The van der Waals surface area contributed by atoms with E-state index in [1.54, 1.807) is 0 Å². The molecule has 2 aliphatic carbocycles. The van der Waals surface area contributed by atoms with Crippen LogP contribution in [0.5, 0.6) is 0 Å². The molecular formula is C16H17NO3. The van der Waals surface area contributed by atoms with Gasteiger partial charge in [-0.2, -0.15) is 0 Å². The maximum Gasteiger partial charge on any atom is 0.310 e. The van der Waals surface area contributed by atoms with E-state index in [0.717, 1.165) is 24.1 Å². The smallest absolute Gasteiger partial charge is 0.310 e. The van der Waals surface area contributed by atoms with Gasteiger partial charge in [0.05, 0.1) is 11.8 Å². The van der Waals surface area contributed by atoms with Crippen LogP contribution in [0, 0.1) is 30.6 Å². The van der Waals surface area contributed by atoms with E-state index < -0.39 is 0 Å². The van der Waals surface area contributed by atoms with Crippen LogP contribution in [0.15, 0.2) is 24.3 Å². The van der Waals surface area contributed by atoms with Gasteiger partial charge < -0.3 is 10.1 Å². The van der Waals surface area contributed by atoms with Gasteiger partial charge in [-0.25, -0.2) is 0 Å². The molecule has 0 spiro atoms. The molecule has 1 aromatic carbocycles. The van der Waals surface area contributed by atoms with Crippen molar-refractivity contribution in [2.45, 2.75) is 25.9 Å². The lowest BCUT2D eigenvalue weighted by molar-refractivity contribution is -0.145. The SMILES string of the molecule is Cc1cccc(NC(=O)[C@H]2[C@H]3C[C@@H]4[C@@H]2C(=O)O[C@@H]4C3)c1. The maximum absolute atomic E-state index is 12.5. The highest BCUT2D eigenvalue weighted by Crippen LogP contribution is 2.57. The van der Waals surface area contributed by atoms with E-state index in [2.05, 4.69) is 5.32 Å². The van der Waals surface area contributed by atoms with Crippen molar-refractivity contribution < 1.29 is 14.3 Å². The van der Waals surface area contributed by atoms with Gasteiger partial charge in [-0.3, -0.25) is 9.59 Å². The molecule has 1 N–H and O–H groups in total. The van der Waals surface area contributed by atoms with E-state index in [1.165, 1.54) is 0 Å². The number of nitrogens with one attached hydrogen (secondary N) is 1. The maximum atomic E-state index is 12.5. The van der Waals surface area contributed by atoms with Gasteiger partial charge in [-0.1, -0.05) is 12.1 Å². The van der Waals surface area contributed by atoms with Crippen LogP contribution in [0.25, 0.3) is 0 Å². The Morgan fingerprint density at radius 1 is 1.35 bits per heavy atom. The Balaban J connectivity index is 1.56. The van der Waals surface area contributed by atoms with Crippen molar-refractivity contribution in [3.8, 4) is 0 Å². The minimum atomic E-state index is -0.205. The summed E-state index contributed by atoms with van der Waals surface area (Å²) in [5, 5.41) is 2.97. The summed E-state index contributed by atoms with van der Waals surface area (Å²) < 4.78 is 5.37. The molecule has 1 amide bonds. The molecule has 1 aliphatic heterocycles. The molecule has 4 rings (SSSR count). The van der Waals surface area contributed by atoms with Gasteiger partial charge in [0.2, 0.25) is 5.91 Å². The Bertz CT molecular complexity index is 595. The lowest BCUT2D eigenvalue weighted by atomic mass is 9.79. The standard InChI is InChI=1S/C16H17NO3/c1-8-3-2-4-10(5-8)17-15(18)13-9-6-11-12(7-9)20-16(19)14(11)13/h2-5,9,11-14H,6-7H2,1H3,(H,17,18)/t9-,11-,12+,13-,14-/m0/s1. The highest BCUT2D eigenvalue weighted by molar-refractivity contribution is 5.97. The summed E-state index contributed by atoms with van der Waals surface area (Å²) in [7, 11) is 0. The molecule has 104 valence electrons. The Labute approximate surface area is 117 Å². The third kappa shape index (κ3) is 1.60. The Hall–Kier alpha value is -1.84. The van der Waals surface area contributed by atoms with Gasteiger partial charge in [0.15, 0.2) is 0 Å². The predicted molar refractivity (Wildman–Crippen MR) is 72.9 cm³/mol. The van der Waals surface area contributed by atoms with E-state index in [-0.39, 0.29) is 35.7 Å². The predicted octanol–water partition coefficient (Wildman–Crippen LogP) is 2.13. The second-order valence-electron chi connectivity index (χ2n) is 6.28. The number of carbonyl (C=O) groups is 2. The van der Waals surface area contributed by atoms with Crippen molar-refractivity contribution in [3.05, 3.63) is 29.8 Å². The average molecular weight is 271 g/mol. The number of hydrogen-bond acceptors (Lipinski definition) is 3. The summed E-state index contributed by atoms with van der Waals surface area (Å²) in [5.41, 5.74) is 1.91. The Morgan fingerprint density at radius 3 is 3.00 bits per heavy atom. The van der Waals surface area contributed by atoms with Gasteiger partial charge in [-0.15, -0.1) is 0 Å². The third-order valence-corrected chi connectivity index (χ3v) is 5.07. The first-order valence-corrected chi connectivity index (χ1v) is 7.21.